The molecule has 4 aromatic rings. The van der Waals surface area contributed by atoms with Crippen molar-refractivity contribution in [1.82, 2.24) is 9.55 Å². The number of aromatic nitrogens is 2. The van der Waals surface area contributed by atoms with E-state index >= 15 is 0 Å². The Hall–Kier alpha value is -2.84. The molecule has 0 bridgehead atoms. The summed E-state index contributed by atoms with van der Waals surface area (Å²) in [5, 5.41) is 0.735. The number of para-hydroxylation sites is 1. The number of hydrogen-bond acceptors (Lipinski definition) is 1. The van der Waals surface area contributed by atoms with E-state index in [-0.39, 0.29) is 0 Å². The van der Waals surface area contributed by atoms with Crippen LogP contribution in [0.3, 0.4) is 0 Å². The summed E-state index contributed by atoms with van der Waals surface area (Å²) in [6.45, 7) is 0. The highest BCUT2D eigenvalue weighted by Crippen LogP contribution is 2.29. The number of rotatable bonds is 4. The van der Waals surface area contributed by atoms with Gasteiger partial charge in [0.25, 0.3) is 0 Å². The average Bonchev–Trinajstić information content (AvgIpc) is 3.07. The van der Waals surface area contributed by atoms with Crippen LogP contribution in [0.4, 0.5) is 0 Å². The molecule has 0 N–H and O–H groups in total. The normalized spacial score (nSPS) is 10.8. The Balaban J connectivity index is 1.84. The lowest BCUT2D eigenvalue weighted by Crippen LogP contribution is -1.98. The van der Waals surface area contributed by atoms with Crippen molar-refractivity contribution >= 4 is 11.6 Å². The van der Waals surface area contributed by atoms with E-state index in [0.717, 1.165) is 34.1 Å². The monoisotopic (exact) mass is 344 g/mol. The first-order valence-electron chi connectivity index (χ1n) is 8.23. The second-order valence-corrected chi connectivity index (χ2v) is 6.35. The fourth-order valence-corrected chi connectivity index (χ4v) is 3.13. The van der Waals surface area contributed by atoms with Gasteiger partial charge in [0, 0.05) is 22.7 Å². The van der Waals surface area contributed by atoms with Gasteiger partial charge in [-0.15, -0.1) is 0 Å². The van der Waals surface area contributed by atoms with Crippen molar-refractivity contribution in [3.63, 3.8) is 0 Å². The van der Waals surface area contributed by atoms with Gasteiger partial charge in [0.1, 0.15) is 6.33 Å². The molecule has 0 unspecified atom stereocenters. The molecule has 1 aromatic heterocycles. The highest BCUT2D eigenvalue weighted by Gasteiger charge is 2.15. The summed E-state index contributed by atoms with van der Waals surface area (Å²) in [5.41, 5.74) is 5.61. The minimum atomic E-state index is 0.735. The zero-order valence-corrected chi connectivity index (χ0v) is 14.4. The Morgan fingerprint density at radius 1 is 0.760 bits per heavy atom. The first kappa shape index (κ1) is 15.7. The molecule has 0 saturated carbocycles. The van der Waals surface area contributed by atoms with Crippen molar-refractivity contribution in [2.24, 2.45) is 0 Å². The molecule has 25 heavy (non-hydrogen) atoms. The van der Waals surface area contributed by atoms with Crippen LogP contribution in [-0.4, -0.2) is 9.55 Å². The van der Waals surface area contributed by atoms with Crippen molar-refractivity contribution in [1.29, 1.82) is 0 Å². The molecule has 3 heteroatoms. The fraction of sp³-hybridized carbons (Fsp3) is 0.0455. The van der Waals surface area contributed by atoms with Crippen LogP contribution in [0.5, 0.6) is 0 Å². The number of hydrogen-bond donors (Lipinski definition) is 0. The molecule has 0 radical (unpaired) electrons. The fourth-order valence-electron chi connectivity index (χ4n) is 3.00. The maximum Gasteiger partial charge on any atom is 0.100 e. The highest BCUT2D eigenvalue weighted by molar-refractivity contribution is 6.30. The van der Waals surface area contributed by atoms with Gasteiger partial charge in [-0.3, -0.25) is 4.57 Å². The van der Waals surface area contributed by atoms with E-state index in [1.54, 1.807) is 0 Å². The van der Waals surface area contributed by atoms with Crippen molar-refractivity contribution in [2.45, 2.75) is 6.42 Å². The van der Waals surface area contributed by atoms with E-state index in [1.807, 2.05) is 54.9 Å². The SMILES string of the molecule is Clc1ccc(-c2c(Cc3ccccc3)ncn2-c2ccccc2)cc1. The Morgan fingerprint density at radius 2 is 1.40 bits per heavy atom. The van der Waals surface area contributed by atoms with Crippen LogP contribution in [0.1, 0.15) is 11.3 Å². The standard InChI is InChI=1S/C22H17ClN2/c23-19-13-11-18(12-14-19)22-21(15-17-7-3-1-4-8-17)24-16-25(22)20-9-5-2-6-10-20/h1-14,16H,15H2. The summed E-state index contributed by atoms with van der Waals surface area (Å²) in [6.07, 6.45) is 2.69. The van der Waals surface area contributed by atoms with Gasteiger partial charge in [-0.25, -0.2) is 4.98 Å². The molecule has 0 spiro atoms. The Kier molecular flexibility index (Phi) is 4.36. The van der Waals surface area contributed by atoms with Crippen LogP contribution in [0.2, 0.25) is 5.02 Å². The maximum atomic E-state index is 6.08. The van der Waals surface area contributed by atoms with Gasteiger partial charge in [0.15, 0.2) is 0 Å². The smallest absolute Gasteiger partial charge is 0.100 e. The highest BCUT2D eigenvalue weighted by atomic mass is 35.5. The van der Waals surface area contributed by atoms with E-state index in [1.165, 1.54) is 5.56 Å². The average molecular weight is 345 g/mol. The molecular formula is C22H17ClN2. The first-order valence-corrected chi connectivity index (χ1v) is 8.60. The van der Waals surface area contributed by atoms with Gasteiger partial charge >= 0.3 is 0 Å². The third-order valence-electron chi connectivity index (χ3n) is 4.21. The maximum absolute atomic E-state index is 6.08. The van der Waals surface area contributed by atoms with Gasteiger partial charge in [-0.05, 0) is 29.8 Å². The topological polar surface area (TPSA) is 17.8 Å². The Labute approximate surface area is 152 Å². The molecule has 0 atom stereocenters. The largest absolute Gasteiger partial charge is 0.299 e. The summed E-state index contributed by atoms with van der Waals surface area (Å²) in [5.74, 6) is 0. The first-order chi connectivity index (χ1) is 12.3. The number of imidazole rings is 1. The van der Waals surface area contributed by atoms with Crippen LogP contribution in [0.15, 0.2) is 91.3 Å². The van der Waals surface area contributed by atoms with Gasteiger partial charge < -0.3 is 0 Å². The molecule has 0 aliphatic rings. The van der Waals surface area contributed by atoms with Gasteiger partial charge in [0.05, 0.1) is 11.4 Å². The molecule has 1 heterocycles. The Morgan fingerprint density at radius 3 is 2.08 bits per heavy atom. The van der Waals surface area contributed by atoms with E-state index in [4.69, 9.17) is 16.6 Å². The van der Waals surface area contributed by atoms with Crippen molar-refractivity contribution in [3.05, 3.63) is 108 Å². The molecule has 0 saturated heterocycles. The quantitative estimate of drug-likeness (QED) is 0.458. The summed E-state index contributed by atoms with van der Waals surface area (Å²) in [7, 11) is 0. The Bertz CT molecular complexity index is 958. The van der Waals surface area contributed by atoms with Crippen molar-refractivity contribution in [2.75, 3.05) is 0 Å². The van der Waals surface area contributed by atoms with Crippen LogP contribution >= 0.6 is 11.6 Å². The summed E-state index contributed by atoms with van der Waals surface area (Å²) < 4.78 is 2.14. The number of nitrogens with zero attached hydrogens (tertiary/aromatic N) is 2. The molecule has 0 amide bonds. The van der Waals surface area contributed by atoms with Gasteiger partial charge in [-0.2, -0.15) is 0 Å². The summed E-state index contributed by atoms with van der Waals surface area (Å²) in [4.78, 5) is 4.72. The minimum Gasteiger partial charge on any atom is -0.299 e. The summed E-state index contributed by atoms with van der Waals surface area (Å²) >= 11 is 6.08. The van der Waals surface area contributed by atoms with E-state index in [2.05, 4.69) is 41.0 Å². The third kappa shape index (κ3) is 3.35. The molecule has 4 rings (SSSR count). The lowest BCUT2D eigenvalue weighted by molar-refractivity contribution is 1.06. The zero-order chi connectivity index (χ0) is 17.1. The minimum absolute atomic E-state index is 0.735. The molecule has 0 fully saturated rings. The van der Waals surface area contributed by atoms with Crippen molar-refractivity contribution in [3.8, 4) is 16.9 Å². The predicted molar refractivity (Wildman–Crippen MR) is 103 cm³/mol. The van der Waals surface area contributed by atoms with Crippen LogP contribution in [-0.2, 0) is 6.42 Å². The van der Waals surface area contributed by atoms with Gasteiger partial charge in [-0.1, -0.05) is 72.3 Å². The van der Waals surface area contributed by atoms with Crippen LogP contribution in [0, 0.1) is 0 Å². The lowest BCUT2D eigenvalue weighted by atomic mass is 10.0. The molecule has 2 nitrogen and oxygen atoms in total. The lowest BCUT2D eigenvalue weighted by Gasteiger charge is -2.11. The van der Waals surface area contributed by atoms with Gasteiger partial charge in [0.2, 0.25) is 0 Å². The number of halogens is 1. The van der Waals surface area contributed by atoms with Crippen LogP contribution in [0.25, 0.3) is 16.9 Å². The number of benzene rings is 3. The summed E-state index contributed by atoms with van der Waals surface area (Å²) in [6, 6.07) is 28.6. The molecule has 3 aromatic carbocycles. The van der Waals surface area contributed by atoms with E-state index in [9.17, 15) is 0 Å². The molecule has 0 aliphatic heterocycles. The van der Waals surface area contributed by atoms with E-state index in [0.29, 0.717) is 0 Å². The molecule has 0 aliphatic carbocycles. The molecule has 122 valence electrons. The zero-order valence-electron chi connectivity index (χ0n) is 13.6. The molecular weight excluding hydrogens is 328 g/mol. The van der Waals surface area contributed by atoms with E-state index < -0.39 is 0 Å². The van der Waals surface area contributed by atoms with Crippen molar-refractivity contribution < 1.29 is 0 Å². The third-order valence-corrected chi connectivity index (χ3v) is 4.46. The van der Waals surface area contributed by atoms with Crippen LogP contribution < -0.4 is 0 Å². The second-order valence-electron chi connectivity index (χ2n) is 5.91. The second kappa shape index (κ2) is 6.96. The predicted octanol–water partition coefficient (Wildman–Crippen LogP) is 5.78.